The van der Waals surface area contributed by atoms with Crippen LogP contribution in [0.4, 0.5) is 0 Å². The fourth-order valence-electron chi connectivity index (χ4n) is 2.83. The fraction of sp³-hybridized carbons (Fsp3) is 0.500. The van der Waals surface area contributed by atoms with E-state index in [-0.39, 0.29) is 5.91 Å². The van der Waals surface area contributed by atoms with Crippen molar-refractivity contribution in [1.29, 1.82) is 0 Å². The average Bonchev–Trinajstić information content (AvgIpc) is 3.23. The number of rotatable bonds is 5. The third kappa shape index (κ3) is 3.39. The Bertz CT molecular complexity index is 620. The minimum absolute atomic E-state index is 0.0722. The second kappa shape index (κ2) is 6.62. The first-order valence-electron chi connectivity index (χ1n) is 7.73. The third-order valence-corrected chi connectivity index (χ3v) is 4.92. The van der Waals surface area contributed by atoms with Gasteiger partial charge in [-0.05, 0) is 50.2 Å². The van der Waals surface area contributed by atoms with Crippen LogP contribution < -0.4 is 5.32 Å². The highest BCUT2D eigenvalue weighted by Crippen LogP contribution is 2.21. The van der Waals surface area contributed by atoms with Gasteiger partial charge in [-0.3, -0.25) is 9.89 Å². The molecular weight excluding hydrogens is 296 g/mol. The number of aromatic nitrogens is 2. The van der Waals surface area contributed by atoms with Gasteiger partial charge in [0.25, 0.3) is 5.91 Å². The highest BCUT2D eigenvalue weighted by Gasteiger charge is 2.24. The standard InChI is InChI=1S/C16H22N4OS/c1-11(2)20-5-3-12(9-20)8-17-16(21)15-7-14(18-19-15)13-4-6-22-10-13/h4,6-7,10-12H,3,5,8-9H2,1-2H3,(H,17,21)(H,18,19)/t12-/m1/s1. The predicted molar refractivity (Wildman–Crippen MR) is 89.0 cm³/mol. The molecule has 1 aliphatic heterocycles. The van der Waals surface area contributed by atoms with Gasteiger partial charge in [0.05, 0.1) is 5.69 Å². The Morgan fingerprint density at radius 1 is 1.59 bits per heavy atom. The molecule has 1 amide bonds. The van der Waals surface area contributed by atoms with Crippen molar-refractivity contribution in [1.82, 2.24) is 20.4 Å². The molecular formula is C16H22N4OS. The molecule has 0 spiro atoms. The minimum atomic E-state index is -0.0722. The summed E-state index contributed by atoms with van der Waals surface area (Å²) in [5.74, 6) is 0.475. The molecule has 2 N–H and O–H groups in total. The molecule has 1 aliphatic rings. The maximum atomic E-state index is 12.2. The number of nitrogens with one attached hydrogen (secondary N) is 2. The van der Waals surface area contributed by atoms with Gasteiger partial charge in [0.15, 0.2) is 0 Å². The number of aromatic amines is 1. The predicted octanol–water partition coefficient (Wildman–Crippen LogP) is 2.60. The lowest BCUT2D eigenvalue weighted by Gasteiger charge is -2.20. The summed E-state index contributed by atoms with van der Waals surface area (Å²) in [4.78, 5) is 14.7. The van der Waals surface area contributed by atoms with Crippen LogP contribution >= 0.6 is 11.3 Å². The molecule has 3 heterocycles. The lowest BCUT2D eigenvalue weighted by atomic mass is 10.1. The Balaban J connectivity index is 1.53. The van der Waals surface area contributed by atoms with Gasteiger partial charge in [-0.25, -0.2) is 0 Å². The highest BCUT2D eigenvalue weighted by atomic mass is 32.1. The van der Waals surface area contributed by atoms with Crippen LogP contribution in [0.1, 0.15) is 30.8 Å². The van der Waals surface area contributed by atoms with Gasteiger partial charge in [0.1, 0.15) is 5.69 Å². The number of H-pyrrole nitrogens is 1. The molecule has 6 heteroatoms. The van der Waals surface area contributed by atoms with Crippen molar-refractivity contribution in [3.63, 3.8) is 0 Å². The first-order chi connectivity index (χ1) is 10.6. The van der Waals surface area contributed by atoms with Gasteiger partial charge in [0.2, 0.25) is 0 Å². The topological polar surface area (TPSA) is 61.0 Å². The van der Waals surface area contributed by atoms with Crippen LogP contribution in [0.2, 0.25) is 0 Å². The molecule has 0 unspecified atom stereocenters. The van der Waals surface area contributed by atoms with Crippen LogP contribution in [0.15, 0.2) is 22.9 Å². The number of carbonyl (C=O) groups is 1. The quantitative estimate of drug-likeness (QED) is 0.891. The van der Waals surface area contributed by atoms with Crippen molar-refractivity contribution in [3.8, 4) is 11.3 Å². The van der Waals surface area contributed by atoms with Gasteiger partial charge >= 0.3 is 0 Å². The second-order valence-corrected chi connectivity index (χ2v) is 6.91. The van der Waals surface area contributed by atoms with Crippen molar-refractivity contribution in [2.24, 2.45) is 5.92 Å². The summed E-state index contributed by atoms with van der Waals surface area (Å²) < 4.78 is 0. The van der Waals surface area contributed by atoms with E-state index in [0.717, 1.165) is 37.3 Å². The normalized spacial score (nSPS) is 19.0. The van der Waals surface area contributed by atoms with Gasteiger partial charge < -0.3 is 10.2 Å². The number of thiophene rings is 1. The molecule has 2 aromatic heterocycles. The molecule has 118 valence electrons. The van der Waals surface area contributed by atoms with E-state index in [1.165, 1.54) is 0 Å². The highest BCUT2D eigenvalue weighted by molar-refractivity contribution is 7.08. The first kappa shape index (κ1) is 15.2. The third-order valence-electron chi connectivity index (χ3n) is 4.24. The van der Waals surface area contributed by atoms with E-state index in [0.29, 0.717) is 17.7 Å². The summed E-state index contributed by atoms with van der Waals surface area (Å²) in [5, 5.41) is 14.1. The zero-order valence-electron chi connectivity index (χ0n) is 13.0. The Hall–Kier alpha value is -1.66. The van der Waals surface area contributed by atoms with Crippen LogP contribution in [0, 0.1) is 5.92 Å². The number of amides is 1. The van der Waals surface area contributed by atoms with Crippen molar-refractivity contribution in [2.45, 2.75) is 26.3 Å². The van der Waals surface area contributed by atoms with E-state index in [1.807, 2.05) is 22.9 Å². The number of hydrogen-bond donors (Lipinski definition) is 2. The summed E-state index contributed by atoms with van der Waals surface area (Å²) in [6.45, 7) is 7.37. The lowest BCUT2D eigenvalue weighted by molar-refractivity contribution is 0.0942. The van der Waals surface area contributed by atoms with Crippen LogP contribution in [0.25, 0.3) is 11.3 Å². The molecule has 0 aliphatic carbocycles. The molecule has 1 atom stereocenters. The molecule has 22 heavy (non-hydrogen) atoms. The van der Waals surface area contributed by atoms with E-state index < -0.39 is 0 Å². The Morgan fingerprint density at radius 2 is 2.45 bits per heavy atom. The Labute approximate surface area is 134 Å². The van der Waals surface area contributed by atoms with E-state index in [2.05, 4.69) is 34.3 Å². The average molecular weight is 318 g/mol. The number of likely N-dealkylation sites (tertiary alicyclic amines) is 1. The van der Waals surface area contributed by atoms with Crippen LogP contribution in [-0.4, -0.2) is 46.7 Å². The molecule has 0 bridgehead atoms. The van der Waals surface area contributed by atoms with Crippen molar-refractivity contribution in [2.75, 3.05) is 19.6 Å². The van der Waals surface area contributed by atoms with Gasteiger partial charge in [-0.15, -0.1) is 0 Å². The number of carbonyl (C=O) groups excluding carboxylic acids is 1. The lowest BCUT2D eigenvalue weighted by Crippen LogP contribution is -2.33. The SMILES string of the molecule is CC(C)N1CC[C@H](CNC(=O)c2cc(-c3ccsc3)n[nH]2)C1. The van der Waals surface area contributed by atoms with Gasteiger partial charge in [0, 0.05) is 30.1 Å². The zero-order valence-corrected chi connectivity index (χ0v) is 13.8. The summed E-state index contributed by atoms with van der Waals surface area (Å²) in [5.41, 5.74) is 2.39. The van der Waals surface area contributed by atoms with Crippen molar-refractivity contribution >= 4 is 17.2 Å². The zero-order chi connectivity index (χ0) is 15.5. The maximum absolute atomic E-state index is 12.2. The Morgan fingerprint density at radius 3 is 3.14 bits per heavy atom. The molecule has 0 aromatic carbocycles. The number of nitrogens with zero attached hydrogens (tertiary/aromatic N) is 2. The molecule has 0 saturated carbocycles. The summed E-state index contributed by atoms with van der Waals surface area (Å²) >= 11 is 1.62. The molecule has 0 radical (unpaired) electrons. The van der Waals surface area contributed by atoms with Crippen LogP contribution in [0.3, 0.4) is 0 Å². The summed E-state index contributed by atoms with van der Waals surface area (Å²) in [6, 6.07) is 4.40. The smallest absolute Gasteiger partial charge is 0.269 e. The molecule has 1 saturated heterocycles. The van der Waals surface area contributed by atoms with Crippen LogP contribution in [0.5, 0.6) is 0 Å². The van der Waals surface area contributed by atoms with Gasteiger partial charge in [-0.1, -0.05) is 0 Å². The van der Waals surface area contributed by atoms with Gasteiger partial charge in [-0.2, -0.15) is 16.4 Å². The molecule has 5 nitrogen and oxygen atoms in total. The van der Waals surface area contributed by atoms with E-state index in [1.54, 1.807) is 11.3 Å². The van der Waals surface area contributed by atoms with E-state index >= 15 is 0 Å². The van der Waals surface area contributed by atoms with E-state index in [9.17, 15) is 4.79 Å². The number of hydrogen-bond acceptors (Lipinski definition) is 4. The maximum Gasteiger partial charge on any atom is 0.269 e. The second-order valence-electron chi connectivity index (χ2n) is 6.13. The summed E-state index contributed by atoms with van der Waals surface area (Å²) in [7, 11) is 0. The summed E-state index contributed by atoms with van der Waals surface area (Å²) in [6.07, 6.45) is 1.15. The molecule has 2 aromatic rings. The van der Waals surface area contributed by atoms with Crippen molar-refractivity contribution in [3.05, 3.63) is 28.6 Å². The largest absolute Gasteiger partial charge is 0.350 e. The Kier molecular flexibility index (Phi) is 4.59. The van der Waals surface area contributed by atoms with Crippen molar-refractivity contribution < 1.29 is 4.79 Å². The molecule has 3 rings (SSSR count). The fourth-order valence-corrected chi connectivity index (χ4v) is 3.48. The van der Waals surface area contributed by atoms with Crippen LogP contribution in [-0.2, 0) is 0 Å². The first-order valence-corrected chi connectivity index (χ1v) is 8.68. The monoisotopic (exact) mass is 318 g/mol. The minimum Gasteiger partial charge on any atom is -0.350 e. The van der Waals surface area contributed by atoms with E-state index in [4.69, 9.17) is 0 Å². The molecule has 1 fully saturated rings.